The largest absolute Gasteiger partial charge is 0.353 e. The van der Waals surface area contributed by atoms with Gasteiger partial charge in [-0.25, -0.2) is 0 Å². The van der Waals surface area contributed by atoms with Crippen molar-refractivity contribution in [2.45, 2.75) is 66.3 Å². The van der Waals surface area contributed by atoms with Gasteiger partial charge in [-0.1, -0.05) is 34.1 Å². The van der Waals surface area contributed by atoms with E-state index in [1.165, 1.54) is 6.42 Å². The van der Waals surface area contributed by atoms with Crippen molar-refractivity contribution < 1.29 is 9.59 Å². The van der Waals surface area contributed by atoms with Crippen LogP contribution >= 0.6 is 0 Å². The summed E-state index contributed by atoms with van der Waals surface area (Å²) >= 11 is 0. The lowest BCUT2D eigenvalue weighted by molar-refractivity contribution is -0.136. The molecule has 0 spiro atoms. The monoisotopic (exact) mass is 327 g/mol. The lowest BCUT2D eigenvalue weighted by Crippen LogP contribution is -2.47. The Hall–Kier alpha value is -1.10. The molecule has 136 valence electrons. The molecule has 0 aliphatic carbocycles. The molecule has 0 aromatic rings. The Morgan fingerprint density at radius 2 is 1.57 bits per heavy atom. The first-order chi connectivity index (χ1) is 11.0. The molecule has 0 aromatic heterocycles. The Balaban J connectivity index is 0.000000868. The third-order valence-electron chi connectivity index (χ3n) is 3.95. The number of piperidine rings is 1. The average Bonchev–Trinajstić information content (AvgIpc) is 2.96. The van der Waals surface area contributed by atoms with Crippen molar-refractivity contribution in [1.82, 2.24) is 15.1 Å². The third-order valence-corrected chi connectivity index (χ3v) is 3.95. The lowest BCUT2D eigenvalue weighted by Gasteiger charge is -2.33. The van der Waals surface area contributed by atoms with E-state index in [0.29, 0.717) is 5.91 Å². The molecule has 0 aromatic carbocycles. The van der Waals surface area contributed by atoms with Gasteiger partial charge in [0, 0.05) is 32.6 Å². The molecule has 5 nitrogen and oxygen atoms in total. The van der Waals surface area contributed by atoms with Crippen LogP contribution in [0.3, 0.4) is 0 Å². The highest BCUT2D eigenvalue weighted by Crippen LogP contribution is 2.20. The molecule has 2 amide bonds. The quantitative estimate of drug-likeness (QED) is 0.848. The van der Waals surface area contributed by atoms with Crippen LogP contribution in [0.1, 0.15) is 60.3 Å². The van der Waals surface area contributed by atoms with Crippen molar-refractivity contribution in [2.75, 3.05) is 33.2 Å². The van der Waals surface area contributed by atoms with Crippen molar-refractivity contribution in [3.05, 3.63) is 0 Å². The molecule has 23 heavy (non-hydrogen) atoms. The first-order valence-corrected chi connectivity index (χ1v) is 9.22. The fraction of sp³-hybridized carbons (Fsp3) is 0.889. The smallest absolute Gasteiger partial charge is 0.227 e. The molecular weight excluding hydrogens is 290 g/mol. The molecule has 2 aliphatic heterocycles. The molecule has 0 bridgehead atoms. The van der Waals surface area contributed by atoms with Gasteiger partial charge in [-0.05, 0) is 32.9 Å². The van der Waals surface area contributed by atoms with Gasteiger partial charge in [0.25, 0.3) is 0 Å². The van der Waals surface area contributed by atoms with E-state index in [9.17, 15) is 9.59 Å². The van der Waals surface area contributed by atoms with Gasteiger partial charge < -0.3 is 15.1 Å². The molecule has 1 N–H and O–H groups in total. The van der Waals surface area contributed by atoms with Gasteiger partial charge in [-0.15, -0.1) is 0 Å². The van der Waals surface area contributed by atoms with Crippen LogP contribution in [-0.4, -0.2) is 60.9 Å². The van der Waals surface area contributed by atoms with Crippen LogP contribution in [0.5, 0.6) is 0 Å². The maximum absolute atomic E-state index is 12.3. The summed E-state index contributed by atoms with van der Waals surface area (Å²) in [7, 11) is 2.07. The molecule has 2 fully saturated rings. The number of hydrogen-bond donors (Lipinski definition) is 1. The number of nitrogens with one attached hydrogen (secondary N) is 1. The lowest BCUT2D eigenvalue weighted by atomic mass is 10.0. The van der Waals surface area contributed by atoms with Crippen molar-refractivity contribution >= 4 is 11.8 Å². The van der Waals surface area contributed by atoms with Crippen molar-refractivity contribution in [3.8, 4) is 0 Å². The summed E-state index contributed by atoms with van der Waals surface area (Å²) in [6.45, 7) is 13.3. The highest BCUT2D eigenvalue weighted by molar-refractivity contribution is 5.79. The summed E-state index contributed by atoms with van der Waals surface area (Å²) < 4.78 is 0. The number of likely N-dealkylation sites (tertiary alicyclic amines) is 2. The Kier molecular flexibility index (Phi) is 11.7. The number of carbonyl (C=O) groups is 2. The molecule has 0 radical (unpaired) electrons. The summed E-state index contributed by atoms with van der Waals surface area (Å²) in [4.78, 5) is 27.5. The van der Waals surface area contributed by atoms with Crippen LogP contribution in [0.15, 0.2) is 0 Å². The van der Waals surface area contributed by atoms with Crippen LogP contribution in [0, 0.1) is 5.92 Å². The minimum Gasteiger partial charge on any atom is -0.353 e. The van der Waals surface area contributed by atoms with Gasteiger partial charge in [-0.2, -0.15) is 0 Å². The second-order valence-corrected chi connectivity index (χ2v) is 6.26. The Morgan fingerprint density at radius 3 is 1.96 bits per heavy atom. The van der Waals surface area contributed by atoms with E-state index in [0.717, 1.165) is 45.4 Å². The summed E-state index contributed by atoms with van der Waals surface area (Å²) in [5, 5.41) is 2.93. The standard InChI is InChI=1S/C13H23N3O2.C3H8.C2H6/c1-10(17)14-12-4-7-16(8-5-12)13(18)11-3-6-15(2)9-11;1-3-2;1-2/h11-12H,3-9H2,1-2H3,(H,14,17);3H2,1-2H3;1-2H3. The van der Waals surface area contributed by atoms with Crippen LogP contribution in [0.4, 0.5) is 0 Å². The van der Waals surface area contributed by atoms with E-state index in [4.69, 9.17) is 0 Å². The van der Waals surface area contributed by atoms with Crippen molar-refractivity contribution in [3.63, 3.8) is 0 Å². The van der Waals surface area contributed by atoms with Gasteiger partial charge in [0.2, 0.25) is 11.8 Å². The van der Waals surface area contributed by atoms with E-state index in [-0.39, 0.29) is 17.9 Å². The van der Waals surface area contributed by atoms with E-state index in [1.54, 1.807) is 6.92 Å². The molecule has 5 heteroatoms. The highest BCUT2D eigenvalue weighted by atomic mass is 16.2. The zero-order valence-electron chi connectivity index (χ0n) is 16.0. The predicted octanol–water partition coefficient (Wildman–Crippen LogP) is 2.51. The predicted molar refractivity (Wildman–Crippen MR) is 96.3 cm³/mol. The van der Waals surface area contributed by atoms with Gasteiger partial charge >= 0.3 is 0 Å². The summed E-state index contributed by atoms with van der Waals surface area (Å²) in [6.07, 6.45) is 4.00. The van der Waals surface area contributed by atoms with E-state index >= 15 is 0 Å². The van der Waals surface area contributed by atoms with E-state index in [2.05, 4.69) is 31.1 Å². The summed E-state index contributed by atoms with van der Waals surface area (Å²) in [5.41, 5.74) is 0. The van der Waals surface area contributed by atoms with Crippen LogP contribution in [0.25, 0.3) is 0 Å². The Labute approximate surface area is 142 Å². The minimum absolute atomic E-state index is 0.0252. The summed E-state index contributed by atoms with van der Waals surface area (Å²) in [5.74, 6) is 0.519. The van der Waals surface area contributed by atoms with Crippen molar-refractivity contribution in [1.29, 1.82) is 0 Å². The molecule has 1 unspecified atom stereocenters. The van der Waals surface area contributed by atoms with Gasteiger partial charge in [-0.3, -0.25) is 9.59 Å². The topological polar surface area (TPSA) is 52.7 Å². The molecule has 2 saturated heterocycles. The van der Waals surface area contributed by atoms with Gasteiger partial charge in [0.05, 0.1) is 5.92 Å². The number of carbonyl (C=O) groups excluding carboxylic acids is 2. The summed E-state index contributed by atoms with van der Waals surface area (Å²) in [6, 6.07) is 0.248. The molecule has 2 aliphatic rings. The molecule has 2 rings (SSSR count). The first kappa shape index (κ1) is 21.9. The van der Waals surface area contributed by atoms with Crippen LogP contribution in [-0.2, 0) is 9.59 Å². The highest BCUT2D eigenvalue weighted by Gasteiger charge is 2.31. The molecular formula is C18H37N3O2. The SMILES string of the molecule is CC.CC(=O)NC1CCN(C(=O)C2CCN(C)C2)CC1.CCC. The molecule has 0 saturated carbocycles. The Bertz CT molecular complexity index is 339. The normalized spacial score (nSPS) is 21.7. The van der Waals surface area contributed by atoms with E-state index < -0.39 is 0 Å². The first-order valence-electron chi connectivity index (χ1n) is 9.22. The van der Waals surface area contributed by atoms with Crippen molar-refractivity contribution in [2.24, 2.45) is 5.92 Å². The van der Waals surface area contributed by atoms with Gasteiger partial charge in [0.1, 0.15) is 0 Å². The zero-order chi connectivity index (χ0) is 17.8. The molecule has 2 heterocycles. The maximum atomic E-state index is 12.3. The van der Waals surface area contributed by atoms with Gasteiger partial charge in [0.15, 0.2) is 0 Å². The second-order valence-electron chi connectivity index (χ2n) is 6.26. The number of nitrogens with zero attached hydrogens (tertiary/aromatic N) is 2. The second kappa shape index (κ2) is 12.3. The van der Waals surface area contributed by atoms with Crippen LogP contribution in [0.2, 0.25) is 0 Å². The third kappa shape index (κ3) is 8.35. The Morgan fingerprint density at radius 1 is 1.04 bits per heavy atom. The fourth-order valence-electron chi connectivity index (χ4n) is 2.93. The number of hydrogen-bond acceptors (Lipinski definition) is 3. The van der Waals surface area contributed by atoms with Crippen LogP contribution < -0.4 is 5.32 Å². The van der Waals surface area contributed by atoms with E-state index in [1.807, 2.05) is 18.7 Å². The maximum Gasteiger partial charge on any atom is 0.227 e. The number of amides is 2. The molecule has 1 atom stereocenters. The average molecular weight is 328 g/mol. The number of rotatable bonds is 2. The fourth-order valence-corrected chi connectivity index (χ4v) is 2.93. The zero-order valence-corrected chi connectivity index (χ0v) is 16.0. The minimum atomic E-state index is 0.0252.